The van der Waals surface area contributed by atoms with Crippen LogP contribution in [-0.4, -0.2) is 41.0 Å². The molecule has 1 aromatic heterocycles. The fourth-order valence-corrected chi connectivity index (χ4v) is 1.97. The zero-order chi connectivity index (χ0) is 16.8. The second kappa shape index (κ2) is 7.41. The molecule has 0 spiro atoms. The number of benzene rings is 1. The summed E-state index contributed by atoms with van der Waals surface area (Å²) < 4.78 is 6.20. The Kier molecular flexibility index (Phi) is 5.32. The normalized spacial score (nSPS) is 10.3. The van der Waals surface area contributed by atoms with E-state index in [2.05, 4.69) is 10.4 Å². The van der Waals surface area contributed by atoms with E-state index in [1.807, 2.05) is 0 Å². The molecule has 0 radical (unpaired) electrons. The Morgan fingerprint density at radius 1 is 1.43 bits per heavy atom. The topological polar surface area (TPSA) is 119 Å². The molecule has 23 heavy (non-hydrogen) atoms. The molecule has 1 amide bonds. The molecule has 8 nitrogen and oxygen atoms in total. The minimum atomic E-state index is -0.584. The SMILES string of the molecule is COc1ccccc1-n1nc(C(=O)NCCCN)c(O)cc1=O. The van der Waals surface area contributed by atoms with Gasteiger partial charge in [-0.25, -0.2) is 0 Å². The summed E-state index contributed by atoms with van der Waals surface area (Å²) in [6, 6.07) is 7.68. The molecule has 0 unspecified atom stereocenters. The van der Waals surface area contributed by atoms with E-state index in [-0.39, 0.29) is 5.69 Å². The van der Waals surface area contributed by atoms with Crippen molar-refractivity contribution in [3.8, 4) is 17.2 Å². The van der Waals surface area contributed by atoms with Crippen molar-refractivity contribution in [2.45, 2.75) is 6.42 Å². The van der Waals surface area contributed by atoms with Gasteiger partial charge in [0.05, 0.1) is 7.11 Å². The Balaban J connectivity index is 2.44. The van der Waals surface area contributed by atoms with Crippen LogP contribution in [0.5, 0.6) is 11.5 Å². The minimum absolute atomic E-state index is 0.243. The fraction of sp³-hybridized carbons (Fsp3) is 0.267. The van der Waals surface area contributed by atoms with Crippen molar-refractivity contribution in [1.29, 1.82) is 0 Å². The molecule has 0 bridgehead atoms. The van der Waals surface area contributed by atoms with Crippen LogP contribution in [0.3, 0.4) is 0 Å². The number of nitrogens with zero attached hydrogens (tertiary/aromatic N) is 2. The summed E-state index contributed by atoms with van der Waals surface area (Å²) in [6.07, 6.45) is 0.596. The van der Waals surface area contributed by atoms with Crippen molar-refractivity contribution < 1.29 is 14.6 Å². The number of hydrogen-bond acceptors (Lipinski definition) is 6. The molecule has 0 aliphatic carbocycles. The lowest BCUT2D eigenvalue weighted by Crippen LogP contribution is -2.30. The van der Waals surface area contributed by atoms with Crippen LogP contribution in [0.25, 0.3) is 5.69 Å². The highest BCUT2D eigenvalue weighted by atomic mass is 16.5. The molecule has 0 saturated heterocycles. The van der Waals surface area contributed by atoms with E-state index in [4.69, 9.17) is 10.5 Å². The van der Waals surface area contributed by atoms with Crippen molar-refractivity contribution in [2.24, 2.45) is 5.73 Å². The number of carbonyl (C=O) groups excluding carboxylic acids is 1. The van der Waals surface area contributed by atoms with Gasteiger partial charge >= 0.3 is 0 Å². The highest BCUT2D eigenvalue weighted by Crippen LogP contribution is 2.21. The molecule has 0 saturated carbocycles. The van der Waals surface area contributed by atoms with Gasteiger partial charge in [0, 0.05) is 12.6 Å². The van der Waals surface area contributed by atoms with E-state index < -0.39 is 17.2 Å². The van der Waals surface area contributed by atoms with Crippen molar-refractivity contribution in [3.05, 3.63) is 46.4 Å². The third kappa shape index (κ3) is 3.67. The first-order chi connectivity index (χ1) is 11.1. The summed E-state index contributed by atoms with van der Waals surface area (Å²) >= 11 is 0. The average molecular weight is 318 g/mol. The number of rotatable bonds is 6. The van der Waals surface area contributed by atoms with Crippen LogP contribution in [0.2, 0.25) is 0 Å². The van der Waals surface area contributed by atoms with Crippen molar-refractivity contribution in [2.75, 3.05) is 20.2 Å². The van der Waals surface area contributed by atoms with E-state index in [0.29, 0.717) is 30.9 Å². The maximum Gasteiger partial charge on any atom is 0.275 e. The molecule has 0 aliphatic rings. The fourth-order valence-electron chi connectivity index (χ4n) is 1.97. The van der Waals surface area contributed by atoms with Crippen molar-refractivity contribution in [3.63, 3.8) is 0 Å². The Bertz CT molecular complexity index is 757. The number of nitrogens with two attached hydrogens (primary N) is 1. The highest BCUT2D eigenvalue weighted by molar-refractivity contribution is 5.94. The molecule has 4 N–H and O–H groups in total. The molecule has 0 aliphatic heterocycles. The standard InChI is InChI=1S/C15H18N4O4/c1-23-12-6-3-2-5-10(12)19-13(21)9-11(20)14(18-19)15(22)17-8-4-7-16/h2-3,5-6,9,20H,4,7-8,16H2,1H3,(H,17,22). The molecule has 0 atom stereocenters. The predicted octanol–water partition coefficient (Wildman–Crippen LogP) is 0.0253. The van der Waals surface area contributed by atoms with Gasteiger partial charge in [-0.2, -0.15) is 9.78 Å². The molecular formula is C15H18N4O4. The van der Waals surface area contributed by atoms with Gasteiger partial charge in [0.1, 0.15) is 11.4 Å². The van der Waals surface area contributed by atoms with Crippen LogP contribution in [0.15, 0.2) is 35.1 Å². The third-order valence-electron chi connectivity index (χ3n) is 3.11. The second-order valence-corrected chi connectivity index (χ2v) is 4.70. The number of amides is 1. The van der Waals surface area contributed by atoms with Gasteiger partial charge in [-0.1, -0.05) is 12.1 Å². The van der Waals surface area contributed by atoms with Crippen LogP contribution in [0.1, 0.15) is 16.9 Å². The summed E-state index contributed by atoms with van der Waals surface area (Å²) in [5.74, 6) is -0.645. The smallest absolute Gasteiger partial charge is 0.275 e. The van der Waals surface area contributed by atoms with Crippen molar-refractivity contribution >= 4 is 5.91 Å². The van der Waals surface area contributed by atoms with Crippen LogP contribution in [0.4, 0.5) is 0 Å². The number of nitrogens with one attached hydrogen (secondary N) is 1. The molecule has 8 heteroatoms. The molecule has 2 aromatic rings. The summed E-state index contributed by atoms with van der Waals surface area (Å²) in [7, 11) is 1.46. The molecule has 1 aromatic carbocycles. The zero-order valence-electron chi connectivity index (χ0n) is 12.7. The summed E-state index contributed by atoms with van der Waals surface area (Å²) in [4.78, 5) is 24.1. The number of carbonyl (C=O) groups is 1. The van der Waals surface area contributed by atoms with Crippen LogP contribution in [0, 0.1) is 0 Å². The van der Waals surface area contributed by atoms with Gasteiger partial charge < -0.3 is 20.9 Å². The van der Waals surface area contributed by atoms with Crippen LogP contribution in [-0.2, 0) is 0 Å². The van der Waals surface area contributed by atoms with Crippen LogP contribution < -0.4 is 21.3 Å². The zero-order valence-corrected chi connectivity index (χ0v) is 12.7. The predicted molar refractivity (Wildman–Crippen MR) is 84.1 cm³/mol. The number of methoxy groups -OCH3 is 1. The monoisotopic (exact) mass is 318 g/mol. The average Bonchev–Trinajstić information content (AvgIpc) is 2.55. The first-order valence-electron chi connectivity index (χ1n) is 7.03. The summed E-state index contributed by atoms with van der Waals surface area (Å²) in [5, 5.41) is 16.4. The van der Waals surface area contributed by atoms with Gasteiger partial charge in [0.2, 0.25) is 0 Å². The largest absolute Gasteiger partial charge is 0.505 e. The van der Waals surface area contributed by atoms with E-state index in [1.165, 1.54) is 7.11 Å². The number of hydrogen-bond donors (Lipinski definition) is 3. The Hall–Kier alpha value is -2.87. The molecule has 122 valence electrons. The second-order valence-electron chi connectivity index (χ2n) is 4.70. The van der Waals surface area contributed by atoms with Gasteiger partial charge in [0.15, 0.2) is 11.4 Å². The maximum atomic E-state index is 12.1. The van der Waals surface area contributed by atoms with Crippen LogP contribution >= 0.6 is 0 Å². The van der Waals surface area contributed by atoms with Gasteiger partial charge in [0.25, 0.3) is 11.5 Å². The molecule has 0 fully saturated rings. The van der Waals surface area contributed by atoms with E-state index in [9.17, 15) is 14.7 Å². The third-order valence-corrected chi connectivity index (χ3v) is 3.11. The number of aromatic nitrogens is 2. The molecular weight excluding hydrogens is 300 g/mol. The molecule has 1 heterocycles. The lowest BCUT2D eigenvalue weighted by molar-refractivity contribution is 0.0943. The quantitative estimate of drug-likeness (QED) is 0.646. The van der Waals surface area contributed by atoms with E-state index in [1.54, 1.807) is 24.3 Å². The van der Waals surface area contributed by atoms with Gasteiger partial charge in [-0.05, 0) is 25.1 Å². The first-order valence-corrected chi connectivity index (χ1v) is 7.03. The van der Waals surface area contributed by atoms with Crippen molar-refractivity contribution in [1.82, 2.24) is 15.1 Å². The maximum absolute atomic E-state index is 12.1. The summed E-state index contributed by atoms with van der Waals surface area (Å²) in [6.45, 7) is 0.782. The molecule has 2 rings (SSSR count). The Labute approximate surface area is 132 Å². The number of aromatic hydroxyl groups is 1. The van der Waals surface area contributed by atoms with E-state index >= 15 is 0 Å². The lowest BCUT2D eigenvalue weighted by Gasteiger charge is -2.11. The van der Waals surface area contributed by atoms with E-state index in [0.717, 1.165) is 10.7 Å². The lowest BCUT2D eigenvalue weighted by atomic mass is 10.3. The first kappa shape index (κ1) is 16.5. The number of para-hydroxylation sites is 2. The number of ether oxygens (including phenoxy) is 1. The Morgan fingerprint density at radius 2 is 2.17 bits per heavy atom. The van der Waals surface area contributed by atoms with Gasteiger partial charge in [-0.3, -0.25) is 9.59 Å². The summed E-state index contributed by atoms with van der Waals surface area (Å²) in [5.41, 5.74) is 4.91. The minimum Gasteiger partial charge on any atom is -0.505 e. The Morgan fingerprint density at radius 3 is 2.87 bits per heavy atom. The highest BCUT2D eigenvalue weighted by Gasteiger charge is 2.17. The van der Waals surface area contributed by atoms with Gasteiger partial charge in [-0.15, -0.1) is 0 Å².